The second-order valence-corrected chi connectivity index (χ2v) is 6.35. The van der Waals surface area contributed by atoms with E-state index < -0.39 is 11.8 Å². The number of hydrogen-bond acceptors (Lipinski definition) is 2. The van der Waals surface area contributed by atoms with Gasteiger partial charge < -0.3 is 5.11 Å². The van der Waals surface area contributed by atoms with E-state index >= 15 is 0 Å². The van der Waals surface area contributed by atoms with Crippen LogP contribution in [0.15, 0.2) is 48.5 Å². The molecule has 0 amide bonds. The van der Waals surface area contributed by atoms with E-state index in [0.717, 1.165) is 5.56 Å². The average molecular weight is 335 g/mol. The topological polar surface area (TPSA) is 23.5 Å². The minimum Gasteiger partial charge on any atom is -0.508 e. The van der Waals surface area contributed by atoms with E-state index in [1.54, 1.807) is 29.2 Å². The Hall–Kier alpha value is -2.01. The number of benzene rings is 2. The number of nitrogens with zero attached hydrogens (tertiary/aromatic N) is 1. The summed E-state index contributed by atoms with van der Waals surface area (Å²) in [6.45, 7) is 0.853. The minimum absolute atomic E-state index is 0.0822. The standard InChI is InChI=1S/C19H20F3NO/c20-16-5-1-14(2-6-16)9-11-23-12-10-18(19(21,22)13-23)15-3-7-17(24)8-4-15/h1-8,18,24H,9-13H2/t18-/m0/s1. The van der Waals surface area contributed by atoms with Crippen LogP contribution in [0, 0.1) is 5.82 Å². The number of rotatable bonds is 4. The number of piperidine rings is 1. The highest BCUT2D eigenvalue weighted by molar-refractivity contribution is 5.30. The van der Waals surface area contributed by atoms with Crippen molar-refractivity contribution in [3.8, 4) is 5.75 Å². The summed E-state index contributed by atoms with van der Waals surface area (Å²) in [4.78, 5) is 1.76. The highest BCUT2D eigenvalue weighted by Crippen LogP contribution is 2.40. The predicted molar refractivity (Wildman–Crippen MR) is 87.0 cm³/mol. The lowest BCUT2D eigenvalue weighted by molar-refractivity contribution is -0.0824. The molecule has 2 aromatic rings. The molecule has 0 unspecified atom stereocenters. The molecule has 1 N–H and O–H groups in total. The molecule has 0 aromatic heterocycles. The summed E-state index contributed by atoms with van der Waals surface area (Å²) in [6.07, 6.45) is 1.00. The van der Waals surface area contributed by atoms with Crippen LogP contribution in [0.5, 0.6) is 5.75 Å². The first kappa shape index (κ1) is 16.8. The molecular formula is C19H20F3NO. The van der Waals surface area contributed by atoms with Gasteiger partial charge in [-0.25, -0.2) is 13.2 Å². The molecule has 2 nitrogen and oxygen atoms in total. The van der Waals surface area contributed by atoms with Crippen molar-refractivity contribution >= 4 is 0 Å². The molecule has 0 aliphatic carbocycles. The fraction of sp³-hybridized carbons (Fsp3) is 0.368. The van der Waals surface area contributed by atoms with Crippen LogP contribution in [0.2, 0.25) is 0 Å². The zero-order valence-corrected chi connectivity index (χ0v) is 13.3. The third-order valence-electron chi connectivity index (χ3n) is 4.60. The van der Waals surface area contributed by atoms with Crippen molar-refractivity contribution in [2.45, 2.75) is 24.7 Å². The van der Waals surface area contributed by atoms with Gasteiger partial charge in [0.25, 0.3) is 5.92 Å². The summed E-state index contributed by atoms with van der Waals surface area (Å²) in [5, 5.41) is 9.30. The van der Waals surface area contributed by atoms with Gasteiger partial charge in [-0.2, -0.15) is 0 Å². The zero-order valence-electron chi connectivity index (χ0n) is 13.3. The van der Waals surface area contributed by atoms with Crippen LogP contribution in [-0.4, -0.2) is 35.6 Å². The molecular weight excluding hydrogens is 315 g/mol. The second kappa shape index (κ2) is 6.85. The molecule has 2 aromatic carbocycles. The van der Waals surface area contributed by atoms with Gasteiger partial charge in [0.1, 0.15) is 11.6 Å². The summed E-state index contributed by atoms with van der Waals surface area (Å²) in [5.74, 6) is -3.84. The Morgan fingerprint density at radius 3 is 2.33 bits per heavy atom. The van der Waals surface area contributed by atoms with Gasteiger partial charge >= 0.3 is 0 Å². The molecule has 1 aliphatic rings. The molecule has 1 atom stereocenters. The van der Waals surface area contributed by atoms with Gasteiger partial charge in [-0.3, -0.25) is 4.90 Å². The fourth-order valence-electron chi connectivity index (χ4n) is 3.26. The third-order valence-corrected chi connectivity index (χ3v) is 4.60. The van der Waals surface area contributed by atoms with Crippen molar-refractivity contribution in [3.63, 3.8) is 0 Å². The van der Waals surface area contributed by atoms with Crippen molar-refractivity contribution < 1.29 is 18.3 Å². The third kappa shape index (κ3) is 3.90. The summed E-state index contributed by atoms with van der Waals surface area (Å²) in [6, 6.07) is 12.2. The first-order valence-corrected chi connectivity index (χ1v) is 8.07. The Bertz CT molecular complexity index is 670. The van der Waals surface area contributed by atoms with E-state index in [2.05, 4.69) is 0 Å². The molecule has 1 heterocycles. The van der Waals surface area contributed by atoms with Gasteiger partial charge in [-0.05, 0) is 54.8 Å². The Balaban J connectivity index is 1.60. The van der Waals surface area contributed by atoms with Crippen LogP contribution in [0.1, 0.15) is 23.5 Å². The predicted octanol–water partition coefficient (Wildman–Crippen LogP) is 4.20. The second-order valence-electron chi connectivity index (χ2n) is 6.35. The smallest absolute Gasteiger partial charge is 0.267 e. The number of likely N-dealkylation sites (tertiary alicyclic amines) is 1. The van der Waals surface area contributed by atoms with E-state index in [1.807, 2.05) is 0 Å². The quantitative estimate of drug-likeness (QED) is 0.905. The molecule has 0 radical (unpaired) electrons. The van der Waals surface area contributed by atoms with Crippen LogP contribution in [0.4, 0.5) is 13.2 Å². The van der Waals surface area contributed by atoms with Crippen molar-refractivity contribution in [1.29, 1.82) is 0 Å². The van der Waals surface area contributed by atoms with Crippen LogP contribution >= 0.6 is 0 Å². The largest absolute Gasteiger partial charge is 0.508 e. The van der Waals surface area contributed by atoms with E-state index in [9.17, 15) is 18.3 Å². The molecule has 5 heteroatoms. The molecule has 1 aliphatic heterocycles. The zero-order chi connectivity index (χ0) is 17.2. The van der Waals surface area contributed by atoms with E-state index in [-0.39, 0.29) is 18.1 Å². The van der Waals surface area contributed by atoms with Crippen molar-refractivity contribution in [2.24, 2.45) is 0 Å². The lowest BCUT2D eigenvalue weighted by Crippen LogP contribution is -2.47. The average Bonchev–Trinajstić information content (AvgIpc) is 2.55. The molecule has 1 fully saturated rings. The Morgan fingerprint density at radius 2 is 1.71 bits per heavy atom. The highest BCUT2D eigenvalue weighted by atomic mass is 19.3. The normalized spacial score (nSPS) is 20.9. The van der Waals surface area contributed by atoms with Crippen molar-refractivity contribution in [1.82, 2.24) is 4.90 Å². The van der Waals surface area contributed by atoms with Crippen molar-refractivity contribution in [2.75, 3.05) is 19.6 Å². The number of aromatic hydroxyl groups is 1. The summed E-state index contributed by atoms with van der Waals surface area (Å²) in [7, 11) is 0. The van der Waals surface area contributed by atoms with Gasteiger partial charge in [-0.1, -0.05) is 24.3 Å². The fourth-order valence-corrected chi connectivity index (χ4v) is 3.26. The Kier molecular flexibility index (Phi) is 4.81. The van der Waals surface area contributed by atoms with Crippen LogP contribution < -0.4 is 0 Å². The Morgan fingerprint density at radius 1 is 1.04 bits per heavy atom. The molecule has 0 bridgehead atoms. The number of phenols is 1. The molecule has 1 saturated heterocycles. The number of alkyl halides is 2. The van der Waals surface area contributed by atoms with Gasteiger partial charge in [0.15, 0.2) is 0 Å². The van der Waals surface area contributed by atoms with E-state index in [0.29, 0.717) is 31.5 Å². The number of halogens is 3. The monoisotopic (exact) mass is 335 g/mol. The number of hydrogen-bond donors (Lipinski definition) is 1. The molecule has 3 rings (SSSR count). The molecule has 0 saturated carbocycles. The van der Waals surface area contributed by atoms with Crippen LogP contribution in [0.3, 0.4) is 0 Å². The summed E-state index contributed by atoms with van der Waals surface area (Å²) in [5.41, 5.74) is 1.51. The van der Waals surface area contributed by atoms with Gasteiger partial charge in [0, 0.05) is 6.54 Å². The maximum atomic E-state index is 14.5. The first-order valence-electron chi connectivity index (χ1n) is 8.07. The highest BCUT2D eigenvalue weighted by Gasteiger charge is 2.44. The molecule has 0 spiro atoms. The first-order chi connectivity index (χ1) is 11.4. The van der Waals surface area contributed by atoms with Gasteiger partial charge in [0.2, 0.25) is 0 Å². The minimum atomic E-state index is -2.81. The van der Waals surface area contributed by atoms with E-state index in [4.69, 9.17) is 0 Å². The summed E-state index contributed by atoms with van der Waals surface area (Å²) < 4.78 is 41.9. The molecule has 24 heavy (non-hydrogen) atoms. The maximum absolute atomic E-state index is 14.5. The van der Waals surface area contributed by atoms with Gasteiger partial charge in [0.05, 0.1) is 12.5 Å². The van der Waals surface area contributed by atoms with Crippen LogP contribution in [0.25, 0.3) is 0 Å². The molecule has 128 valence electrons. The maximum Gasteiger partial charge on any atom is 0.267 e. The Labute approximate surface area is 139 Å². The SMILES string of the molecule is Oc1ccc([C@@H]2CCN(CCc3ccc(F)cc3)CC2(F)F)cc1. The lowest BCUT2D eigenvalue weighted by atomic mass is 9.86. The number of phenolic OH excluding ortho intramolecular Hbond substituents is 1. The van der Waals surface area contributed by atoms with Gasteiger partial charge in [-0.15, -0.1) is 0 Å². The summed E-state index contributed by atoms with van der Waals surface area (Å²) >= 11 is 0. The lowest BCUT2D eigenvalue weighted by Gasteiger charge is -2.38. The van der Waals surface area contributed by atoms with Crippen molar-refractivity contribution in [3.05, 3.63) is 65.5 Å². The van der Waals surface area contributed by atoms with Crippen LogP contribution in [-0.2, 0) is 6.42 Å². The van der Waals surface area contributed by atoms with E-state index in [1.165, 1.54) is 24.3 Å².